The summed E-state index contributed by atoms with van der Waals surface area (Å²) in [5.74, 6) is -2.17. The Kier molecular flexibility index (Phi) is 7.74. The lowest BCUT2D eigenvalue weighted by Crippen LogP contribution is -2.32. The SMILES string of the molecule is CCCOC(=O)c1cccc(N2C(=O)C(Cl)=C(Nc3ccc(S(=O)(=O)Nc4nccc(C)n4)cc3)C2=O)c1. The lowest BCUT2D eigenvalue weighted by Gasteiger charge is -2.16. The van der Waals surface area contributed by atoms with Gasteiger partial charge in [0.15, 0.2) is 0 Å². The van der Waals surface area contributed by atoms with Gasteiger partial charge in [-0.25, -0.2) is 32.8 Å². The third kappa shape index (κ3) is 5.66. The molecular weight excluding hydrogens is 534 g/mol. The number of nitrogens with one attached hydrogen (secondary N) is 2. The molecule has 38 heavy (non-hydrogen) atoms. The quantitative estimate of drug-likeness (QED) is 0.298. The van der Waals surface area contributed by atoms with Crippen LogP contribution in [-0.4, -0.2) is 42.8 Å². The van der Waals surface area contributed by atoms with Gasteiger partial charge in [-0.3, -0.25) is 9.59 Å². The number of nitrogens with zero attached hydrogens (tertiary/aromatic N) is 3. The number of anilines is 3. The van der Waals surface area contributed by atoms with Gasteiger partial charge in [-0.2, -0.15) is 0 Å². The highest BCUT2D eigenvalue weighted by atomic mass is 35.5. The normalized spacial score (nSPS) is 13.6. The van der Waals surface area contributed by atoms with Crippen LogP contribution in [0.2, 0.25) is 0 Å². The van der Waals surface area contributed by atoms with Crippen molar-refractivity contribution in [3.8, 4) is 0 Å². The van der Waals surface area contributed by atoms with Crippen LogP contribution in [0.1, 0.15) is 29.4 Å². The second-order valence-corrected chi connectivity index (χ2v) is 10.2. The molecule has 2 heterocycles. The summed E-state index contributed by atoms with van der Waals surface area (Å²) < 4.78 is 32.7. The molecule has 2 aromatic carbocycles. The summed E-state index contributed by atoms with van der Waals surface area (Å²) in [6.07, 6.45) is 2.08. The number of aryl methyl sites for hydroxylation is 1. The van der Waals surface area contributed by atoms with E-state index in [2.05, 4.69) is 20.0 Å². The van der Waals surface area contributed by atoms with Crippen molar-refractivity contribution in [3.05, 3.63) is 82.8 Å². The number of hydrogen-bond donors (Lipinski definition) is 2. The van der Waals surface area contributed by atoms with Crippen molar-refractivity contribution < 1.29 is 27.5 Å². The van der Waals surface area contributed by atoms with Crippen molar-refractivity contribution in [2.75, 3.05) is 21.5 Å². The van der Waals surface area contributed by atoms with Gasteiger partial charge in [0.25, 0.3) is 21.8 Å². The molecule has 196 valence electrons. The van der Waals surface area contributed by atoms with Crippen molar-refractivity contribution in [1.82, 2.24) is 9.97 Å². The fraction of sp³-hybridized carbons (Fsp3) is 0.160. The summed E-state index contributed by atoms with van der Waals surface area (Å²) in [4.78, 5) is 46.8. The van der Waals surface area contributed by atoms with Gasteiger partial charge in [0, 0.05) is 17.6 Å². The van der Waals surface area contributed by atoms with E-state index in [9.17, 15) is 22.8 Å². The summed E-state index contributed by atoms with van der Waals surface area (Å²) >= 11 is 6.19. The van der Waals surface area contributed by atoms with Gasteiger partial charge in [0.2, 0.25) is 5.95 Å². The molecule has 0 bridgehead atoms. The molecule has 0 saturated heterocycles. The molecule has 0 saturated carbocycles. The van der Waals surface area contributed by atoms with Gasteiger partial charge in [-0.05, 0) is 61.9 Å². The fourth-order valence-electron chi connectivity index (χ4n) is 3.43. The number of benzene rings is 2. The number of halogens is 1. The van der Waals surface area contributed by atoms with E-state index in [1.165, 1.54) is 54.7 Å². The van der Waals surface area contributed by atoms with Crippen molar-refractivity contribution >= 4 is 56.7 Å². The Labute approximate surface area is 223 Å². The minimum absolute atomic E-state index is 0.0676. The maximum absolute atomic E-state index is 13.1. The number of aromatic nitrogens is 2. The number of imide groups is 1. The number of carbonyl (C=O) groups is 3. The van der Waals surface area contributed by atoms with E-state index in [0.717, 1.165) is 4.90 Å². The standard InChI is InChI=1S/C25H22ClN5O6S/c1-3-13-37-24(34)16-5-4-6-18(14-16)31-22(32)20(26)21(23(31)33)29-17-7-9-19(10-8-17)38(35,36)30-25-27-12-11-15(2)28-25/h4-12,14,29H,3,13H2,1-2H3,(H,27,28,30). The Balaban J connectivity index is 1.50. The van der Waals surface area contributed by atoms with Gasteiger partial charge in [0.05, 0.1) is 22.8 Å². The predicted octanol–water partition coefficient (Wildman–Crippen LogP) is 3.59. The third-order valence-corrected chi connectivity index (χ3v) is 6.95. The number of amides is 2. The van der Waals surface area contributed by atoms with Crippen LogP contribution < -0.4 is 14.9 Å². The zero-order chi connectivity index (χ0) is 27.4. The molecular formula is C25H22ClN5O6S. The minimum atomic E-state index is -3.97. The summed E-state index contributed by atoms with van der Waals surface area (Å²) in [6, 6.07) is 12.9. The number of hydrogen-bond acceptors (Lipinski definition) is 9. The van der Waals surface area contributed by atoms with Crippen LogP contribution in [0.3, 0.4) is 0 Å². The molecule has 11 nitrogen and oxygen atoms in total. The Bertz CT molecular complexity index is 1560. The van der Waals surface area contributed by atoms with Gasteiger partial charge in [0.1, 0.15) is 10.7 Å². The lowest BCUT2D eigenvalue weighted by molar-refractivity contribution is -0.120. The number of carbonyl (C=O) groups excluding carboxylic acids is 3. The van der Waals surface area contributed by atoms with E-state index in [0.29, 0.717) is 17.8 Å². The molecule has 0 aliphatic carbocycles. The largest absolute Gasteiger partial charge is 0.462 e. The highest BCUT2D eigenvalue weighted by molar-refractivity contribution is 7.92. The van der Waals surface area contributed by atoms with Gasteiger partial charge >= 0.3 is 5.97 Å². The Morgan fingerprint density at radius 2 is 1.82 bits per heavy atom. The van der Waals surface area contributed by atoms with E-state index in [4.69, 9.17) is 16.3 Å². The van der Waals surface area contributed by atoms with Crippen LogP contribution in [0.15, 0.2) is 76.4 Å². The number of ether oxygens (including phenoxy) is 1. The second-order valence-electron chi connectivity index (χ2n) is 8.10. The van der Waals surface area contributed by atoms with Crippen molar-refractivity contribution in [2.24, 2.45) is 0 Å². The number of rotatable bonds is 9. The smallest absolute Gasteiger partial charge is 0.338 e. The molecule has 3 aromatic rings. The monoisotopic (exact) mass is 555 g/mol. The molecule has 0 radical (unpaired) electrons. The maximum Gasteiger partial charge on any atom is 0.338 e. The van der Waals surface area contributed by atoms with Crippen molar-refractivity contribution in [2.45, 2.75) is 25.2 Å². The molecule has 1 aliphatic heterocycles. The molecule has 0 fully saturated rings. The van der Waals surface area contributed by atoms with E-state index in [-0.39, 0.29) is 39.4 Å². The third-order valence-electron chi connectivity index (χ3n) is 5.26. The Morgan fingerprint density at radius 3 is 2.50 bits per heavy atom. The second kappa shape index (κ2) is 11.0. The zero-order valence-electron chi connectivity index (χ0n) is 20.3. The molecule has 1 aromatic heterocycles. The van der Waals surface area contributed by atoms with E-state index >= 15 is 0 Å². The molecule has 1 aliphatic rings. The first-order valence-electron chi connectivity index (χ1n) is 11.4. The Morgan fingerprint density at radius 1 is 1.08 bits per heavy atom. The summed E-state index contributed by atoms with van der Waals surface area (Å²) in [6.45, 7) is 3.80. The topological polar surface area (TPSA) is 148 Å². The van der Waals surface area contributed by atoms with Crippen molar-refractivity contribution in [1.29, 1.82) is 0 Å². The first-order chi connectivity index (χ1) is 18.1. The minimum Gasteiger partial charge on any atom is -0.462 e. The molecule has 13 heteroatoms. The first-order valence-corrected chi connectivity index (χ1v) is 13.2. The van der Waals surface area contributed by atoms with Crippen LogP contribution in [-0.2, 0) is 24.3 Å². The molecule has 2 N–H and O–H groups in total. The molecule has 0 atom stereocenters. The number of esters is 1. The van der Waals surface area contributed by atoms with Gasteiger partial charge in [-0.15, -0.1) is 0 Å². The van der Waals surface area contributed by atoms with Gasteiger partial charge < -0.3 is 10.1 Å². The average molecular weight is 556 g/mol. The summed E-state index contributed by atoms with van der Waals surface area (Å²) in [7, 11) is -3.97. The predicted molar refractivity (Wildman–Crippen MR) is 140 cm³/mol. The number of sulfonamides is 1. The van der Waals surface area contributed by atoms with Crippen LogP contribution in [0.5, 0.6) is 0 Å². The summed E-state index contributed by atoms with van der Waals surface area (Å²) in [5.41, 5.74) is 1.03. The van der Waals surface area contributed by atoms with Crippen LogP contribution in [0, 0.1) is 6.92 Å². The molecule has 4 rings (SSSR count). The van der Waals surface area contributed by atoms with Crippen LogP contribution >= 0.6 is 11.6 Å². The average Bonchev–Trinajstić information content (AvgIpc) is 3.10. The first kappa shape index (κ1) is 26.8. The van der Waals surface area contributed by atoms with E-state index < -0.39 is 27.8 Å². The van der Waals surface area contributed by atoms with Gasteiger partial charge in [-0.1, -0.05) is 24.6 Å². The van der Waals surface area contributed by atoms with Crippen molar-refractivity contribution in [3.63, 3.8) is 0 Å². The lowest BCUT2D eigenvalue weighted by atomic mass is 10.2. The van der Waals surface area contributed by atoms with E-state index in [1.807, 2.05) is 6.92 Å². The molecule has 2 amide bonds. The highest BCUT2D eigenvalue weighted by Gasteiger charge is 2.39. The molecule has 0 spiro atoms. The highest BCUT2D eigenvalue weighted by Crippen LogP contribution is 2.31. The summed E-state index contributed by atoms with van der Waals surface area (Å²) in [5, 5.41) is 2.42. The Hall–Kier alpha value is -4.29. The van der Waals surface area contributed by atoms with Crippen LogP contribution in [0.25, 0.3) is 0 Å². The zero-order valence-corrected chi connectivity index (χ0v) is 21.8. The fourth-order valence-corrected chi connectivity index (χ4v) is 4.60. The molecule has 0 unspecified atom stereocenters. The van der Waals surface area contributed by atoms with E-state index in [1.54, 1.807) is 13.0 Å². The van der Waals surface area contributed by atoms with Crippen LogP contribution in [0.4, 0.5) is 17.3 Å². The maximum atomic E-state index is 13.1.